The normalized spacial score (nSPS) is 19.6. The molecule has 1 saturated heterocycles. The second kappa shape index (κ2) is 6.02. The highest BCUT2D eigenvalue weighted by Crippen LogP contribution is 2.12. The molecule has 0 aliphatic carbocycles. The van der Waals surface area contributed by atoms with Gasteiger partial charge in [-0.1, -0.05) is 6.07 Å². The predicted octanol–water partition coefficient (Wildman–Crippen LogP) is 1.76. The minimum Gasteiger partial charge on any atom is -0.375 e. The lowest BCUT2D eigenvalue weighted by atomic mass is 10.2. The van der Waals surface area contributed by atoms with Gasteiger partial charge in [-0.25, -0.2) is 4.98 Å². The van der Waals surface area contributed by atoms with Crippen molar-refractivity contribution >= 4 is 11.7 Å². The van der Waals surface area contributed by atoms with Gasteiger partial charge in [-0.05, 0) is 32.9 Å². The van der Waals surface area contributed by atoms with Gasteiger partial charge < -0.3 is 15.0 Å². The zero-order chi connectivity index (χ0) is 13.8. The highest BCUT2D eigenvalue weighted by molar-refractivity contribution is 5.92. The zero-order valence-corrected chi connectivity index (χ0v) is 11.7. The van der Waals surface area contributed by atoms with Gasteiger partial charge in [-0.15, -0.1) is 0 Å². The molecule has 0 radical (unpaired) electrons. The summed E-state index contributed by atoms with van der Waals surface area (Å²) in [6.07, 6.45) is 0.0923. The lowest BCUT2D eigenvalue weighted by Crippen LogP contribution is -2.44. The number of rotatable bonds is 3. The number of pyridine rings is 1. The maximum absolute atomic E-state index is 12.4. The van der Waals surface area contributed by atoms with E-state index in [1.54, 1.807) is 11.0 Å². The molecular formula is C14H21N3O2. The third-order valence-electron chi connectivity index (χ3n) is 2.93. The molecule has 1 amide bonds. The van der Waals surface area contributed by atoms with E-state index in [0.29, 0.717) is 31.4 Å². The Balaban J connectivity index is 2.10. The molecule has 5 nitrogen and oxygen atoms in total. The molecule has 1 aliphatic rings. The summed E-state index contributed by atoms with van der Waals surface area (Å²) in [4.78, 5) is 18.5. The first-order valence-electron chi connectivity index (χ1n) is 6.70. The Hall–Kier alpha value is -1.62. The monoisotopic (exact) mass is 263 g/mol. The van der Waals surface area contributed by atoms with Crippen LogP contribution in [0.15, 0.2) is 18.2 Å². The first-order chi connectivity index (χ1) is 9.06. The van der Waals surface area contributed by atoms with E-state index in [1.165, 1.54) is 0 Å². The van der Waals surface area contributed by atoms with E-state index in [1.807, 2.05) is 32.9 Å². The van der Waals surface area contributed by atoms with Crippen molar-refractivity contribution in [3.8, 4) is 0 Å². The quantitative estimate of drug-likeness (QED) is 0.903. The smallest absolute Gasteiger partial charge is 0.272 e. The molecule has 1 aliphatic heterocycles. The van der Waals surface area contributed by atoms with Crippen LogP contribution in [-0.4, -0.2) is 47.6 Å². The predicted molar refractivity (Wildman–Crippen MR) is 74.3 cm³/mol. The van der Waals surface area contributed by atoms with Gasteiger partial charge in [0.2, 0.25) is 0 Å². The second-order valence-electron chi connectivity index (χ2n) is 5.14. The standard InChI is InChI=1S/C14H21N3O2/c1-10(2)15-13-6-4-5-12(16-13)14(18)17-7-8-19-11(3)9-17/h4-6,10-11H,7-9H2,1-3H3,(H,15,16). The minimum atomic E-state index is -0.0254. The molecule has 1 atom stereocenters. The molecule has 1 fully saturated rings. The molecule has 0 saturated carbocycles. The number of carbonyl (C=O) groups excluding carboxylic acids is 1. The molecule has 2 heterocycles. The van der Waals surface area contributed by atoms with Gasteiger partial charge in [-0.3, -0.25) is 4.79 Å². The van der Waals surface area contributed by atoms with Crippen LogP contribution in [0.4, 0.5) is 5.82 Å². The summed E-state index contributed by atoms with van der Waals surface area (Å²) in [5.41, 5.74) is 0.486. The van der Waals surface area contributed by atoms with Crippen molar-refractivity contribution in [1.29, 1.82) is 0 Å². The number of hydrogen-bond acceptors (Lipinski definition) is 4. The number of amides is 1. The van der Waals surface area contributed by atoms with E-state index in [0.717, 1.165) is 5.82 Å². The molecule has 104 valence electrons. The molecule has 1 aromatic rings. The second-order valence-corrected chi connectivity index (χ2v) is 5.14. The largest absolute Gasteiger partial charge is 0.375 e. The minimum absolute atomic E-state index is 0.0254. The van der Waals surface area contributed by atoms with Gasteiger partial charge in [0.25, 0.3) is 5.91 Å². The average molecular weight is 263 g/mol. The van der Waals surface area contributed by atoms with Crippen LogP contribution in [0.3, 0.4) is 0 Å². The van der Waals surface area contributed by atoms with Crippen LogP contribution in [0.5, 0.6) is 0 Å². The van der Waals surface area contributed by atoms with Crippen molar-refractivity contribution in [2.24, 2.45) is 0 Å². The molecule has 0 spiro atoms. The third-order valence-corrected chi connectivity index (χ3v) is 2.93. The van der Waals surface area contributed by atoms with Crippen LogP contribution in [0.2, 0.25) is 0 Å². The van der Waals surface area contributed by atoms with E-state index in [9.17, 15) is 4.79 Å². The van der Waals surface area contributed by atoms with Crippen LogP contribution < -0.4 is 5.32 Å². The maximum atomic E-state index is 12.4. The number of anilines is 1. The number of aromatic nitrogens is 1. The fraction of sp³-hybridized carbons (Fsp3) is 0.571. The van der Waals surface area contributed by atoms with Crippen LogP contribution in [-0.2, 0) is 4.74 Å². The van der Waals surface area contributed by atoms with Crippen molar-refractivity contribution in [2.75, 3.05) is 25.0 Å². The van der Waals surface area contributed by atoms with E-state index in [2.05, 4.69) is 10.3 Å². The molecule has 1 N–H and O–H groups in total. The third kappa shape index (κ3) is 3.67. The van der Waals surface area contributed by atoms with Gasteiger partial charge in [0, 0.05) is 19.1 Å². The first kappa shape index (κ1) is 13.8. The number of nitrogens with one attached hydrogen (secondary N) is 1. The van der Waals surface area contributed by atoms with Crippen molar-refractivity contribution in [3.05, 3.63) is 23.9 Å². The number of hydrogen-bond donors (Lipinski definition) is 1. The van der Waals surface area contributed by atoms with E-state index in [-0.39, 0.29) is 12.0 Å². The molecule has 0 aromatic carbocycles. The van der Waals surface area contributed by atoms with Gasteiger partial charge in [0.15, 0.2) is 0 Å². The summed E-state index contributed by atoms with van der Waals surface area (Å²) in [5.74, 6) is 0.713. The Morgan fingerprint density at radius 3 is 3.00 bits per heavy atom. The van der Waals surface area contributed by atoms with E-state index >= 15 is 0 Å². The molecule has 0 bridgehead atoms. The highest BCUT2D eigenvalue weighted by atomic mass is 16.5. The zero-order valence-electron chi connectivity index (χ0n) is 11.7. The van der Waals surface area contributed by atoms with Gasteiger partial charge in [0.1, 0.15) is 11.5 Å². The molecule has 5 heteroatoms. The van der Waals surface area contributed by atoms with Crippen molar-refractivity contribution in [2.45, 2.75) is 32.9 Å². The molecule has 1 aromatic heterocycles. The summed E-state index contributed by atoms with van der Waals surface area (Å²) in [7, 11) is 0. The number of nitrogens with zero attached hydrogens (tertiary/aromatic N) is 2. The van der Waals surface area contributed by atoms with Crippen molar-refractivity contribution in [1.82, 2.24) is 9.88 Å². The Morgan fingerprint density at radius 2 is 2.32 bits per heavy atom. The molecule has 19 heavy (non-hydrogen) atoms. The van der Waals surface area contributed by atoms with E-state index in [4.69, 9.17) is 4.74 Å². The summed E-state index contributed by atoms with van der Waals surface area (Å²) in [6.45, 7) is 7.91. The highest BCUT2D eigenvalue weighted by Gasteiger charge is 2.23. The summed E-state index contributed by atoms with van der Waals surface area (Å²) in [5, 5.41) is 3.21. The fourth-order valence-electron chi connectivity index (χ4n) is 2.09. The van der Waals surface area contributed by atoms with Gasteiger partial charge >= 0.3 is 0 Å². The molecule has 1 unspecified atom stereocenters. The maximum Gasteiger partial charge on any atom is 0.272 e. The number of ether oxygens (including phenoxy) is 1. The average Bonchev–Trinajstić information content (AvgIpc) is 2.37. The lowest BCUT2D eigenvalue weighted by Gasteiger charge is -2.31. The lowest BCUT2D eigenvalue weighted by molar-refractivity contribution is -0.0126. The summed E-state index contributed by atoms with van der Waals surface area (Å²) < 4.78 is 5.44. The van der Waals surface area contributed by atoms with Gasteiger partial charge in [0.05, 0.1) is 12.7 Å². The molecular weight excluding hydrogens is 242 g/mol. The first-order valence-corrected chi connectivity index (χ1v) is 6.70. The van der Waals surface area contributed by atoms with Crippen LogP contribution in [0, 0.1) is 0 Å². The van der Waals surface area contributed by atoms with Crippen LogP contribution >= 0.6 is 0 Å². The van der Waals surface area contributed by atoms with Crippen molar-refractivity contribution < 1.29 is 9.53 Å². The number of carbonyl (C=O) groups is 1. The van der Waals surface area contributed by atoms with Gasteiger partial charge in [-0.2, -0.15) is 0 Å². The van der Waals surface area contributed by atoms with Crippen molar-refractivity contribution in [3.63, 3.8) is 0 Å². The van der Waals surface area contributed by atoms with Crippen LogP contribution in [0.25, 0.3) is 0 Å². The summed E-state index contributed by atoms with van der Waals surface area (Å²) in [6, 6.07) is 5.78. The Kier molecular flexibility index (Phi) is 4.37. The number of morpholine rings is 1. The Bertz CT molecular complexity index is 448. The van der Waals surface area contributed by atoms with E-state index < -0.39 is 0 Å². The molecule has 2 rings (SSSR count). The Labute approximate surface area is 114 Å². The summed E-state index contributed by atoms with van der Waals surface area (Å²) >= 11 is 0. The van der Waals surface area contributed by atoms with Crippen LogP contribution in [0.1, 0.15) is 31.3 Å². The Morgan fingerprint density at radius 1 is 1.53 bits per heavy atom. The SMILES string of the molecule is CC(C)Nc1cccc(C(=O)N2CCOC(C)C2)n1. The fourth-order valence-corrected chi connectivity index (χ4v) is 2.09. The topological polar surface area (TPSA) is 54.5 Å².